The molecule has 7 nitrogen and oxygen atoms in total. The molecule has 144 valence electrons. The zero-order valence-electron chi connectivity index (χ0n) is 15.2. The predicted octanol–water partition coefficient (Wildman–Crippen LogP) is 3.19. The Morgan fingerprint density at radius 3 is 2.39 bits per heavy atom. The summed E-state index contributed by atoms with van der Waals surface area (Å²) in [6, 6.07) is 9.20. The van der Waals surface area contributed by atoms with Gasteiger partial charge in [0.25, 0.3) is 5.91 Å². The number of halogens is 1. The number of phenolic OH excluding ortho intramolecular Hbond substituents is 1. The van der Waals surface area contributed by atoms with Crippen LogP contribution in [0.4, 0.5) is 10.5 Å². The van der Waals surface area contributed by atoms with Gasteiger partial charge in [-0.1, -0.05) is 11.6 Å². The average molecular weight is 400 g/mol. The molecular weight excluding hydrogens is 382 g/mol. The first kappa shape index (κ1) is 19.4. The molecule has 0 spiro atoms. The molecule has 0 radical (unpaired) electrons. The van der Waals surface area contributed by atoms with E-state index in [1.54, 1.807) is 50.2 Å². The van der Waals surface area contributed by atoms with Gasteiger partial charge in [-0.05, 0) is 73.0 Å². The van der Waals surface area contributed by atoms with Gasteiger partial charge in [-0.3, -0.25) is 9.59 Å². The number of amides is 4. The van der Waals surface area contributed by atoms with Gasteiger partial charge >= 0.3 is 6.03 Å². The number of nitrogens with one attached hydrogen (secondary N) is 2. The number of carbonyl (C=O) groups excluding carboxylic acids is 3. The topological polar surface area (TPSA) is 98.7 Å². The molecule has 1 aliphatic rings. The second-order valence-electron chi connectivity index (χ2n) is 6.44. The molecule has 1 saturated heterocycles. The fourth-order valence-electron chi connectivity index (χ4n) is 2.83. The van der Waals surface area contributed by atoms with Crippen molar-refractivity contribution in [2.75, 3.05) is 11.9 Å². The van der Waals surface area contributed by atoms with Crippen molar-refractivity contribution >= 4 is 41.2 Å². The molecule has 8 heteroatoms. The second kappa shape index (κ2) is 7.74. The maximum Gasteiger partial charge on any atom is 0.329 e. The number of hydrogen-bond acceptors (Lipinski definition) is 4. The van der Waals surface area contributed by atoms with Crippen LogP contribution in [0.1, 0.15) is 16.7 Å². The van der Waals surface area contributed by atoms with Crippen LogP contribution in [-0.4, -0.2) is 34.4 Å². The highest BCUT2D eigenvalue weighted by molar-refractivity contribution is 6.30. The first-order valence-electron chi connectivity index (χ1n) is 8.45. The Balaban J connectivity index is 1.72. The molecule has 1 fully saturated rings. The molecule has 2 aromatic rings. The number of carbonyl (C=O) groups is 3. The maximum atomic E-state index is 12.5. The molecule has 3 rings (SSSR count). The van der Waals surface area contributed by atoms with Crippen LogP contribution in [-0.2, 0) is 9.59 Å². The maximum absolute atomic E-state index is 12.5. The number of imide groups is 1. The lowest BCUT2D eigenvalue weighted by molar-refractivity contribution is -0.127. The number of benzene rings is 2. The summed E-state index contributed by atoms with van der Waals surface area (Å²) < 4.78 is 0. The van der Waals surface area contributed by atoms with Crippen LogP contribution in [0.15, 0.2) is 42.1 Å². The van der Waals surface area contributed by atoms with Gasteiger partial charge in [-0.15, -0.1) is 0 Å². The number of urea groups is 1. The summed E-state index contributed by atoms with van der Waals surface area (Å²) in [5.74, 6) is -0.924. The van der Waals surface area contributed by atoms with Gasteiger partial charge < -0.3 is 15.7 Å². The van der Waals surface area contributed by atoms with Crippen LogP contribution in [0.3, 0.4) is 0 Å². The Morgan fingerprint density at radius 1 is 1.18 bits per heavy atom. The van der Waals surface area contributed by atoms with Crippen LogP contribution in [0.25, 0.3) is 6.08 Å². The van der Waals surface area contributed by atoms with Crippen LogP contribution < -0.4 is 10.6 Å². The zero-order chi connectivity index (χ0) is 20.4. The van der Waals surface area contributed by atoms with E-state index < -0.39 is 24.4 Å². The smallest absolute Gasteiger partial charge is 0.329 e. The molecule has 0 aromatic heterocycles. The van der Waals surface area contributed by atoms with Crippen molar-refractivity contribution in [3.8, 4) is 5.75 Å². The molecule has 0 atom stereocenters. The SMILES string of the molecule is Cc1cc(C=C2NC(=O)N(CC(=O)Nc3ccc(Cl)cc3)C2=O)cc(C)c1O. The summed E-state index contributed by atoms with van der Waals surface area (Å²) in [5.41, 5.74) is 2.54. The van der Waals surface area contributed by atoms with Crippen molar-refractivity contribution in [3.63, 3.8) is 0 Å². The first-order valence-corrected chi connectivity index (χ1v) is 8.82. The Kier molecular flexibility index (Phi) is 5.37. The second-order valence-corrected chi connectivity index (χ2v) is 6.87. The van der Waals surface area contributed by atoms with Crippen LogP contribution in [0.5, 0.6) is 5.75 Å². The molecule has 28 heavy (non-hydrogen) atoms. The van der Waals surface area contributed by atoms with E-state index in [2.05, 4.69) is 10.6 Å². The molecular formula is C20H18ClN3O4. The number of anilines is 1. The highest BCUT2D eigenvalue weighted by Gasteiger charge is 2.34. The third-order valence-corrected chi connectivity index (χ3v) is 4.47. The van der Waals surface area contributed by atoms with Gasteiger partial charge in [0.1, 0.15) is 18.0 Å². The van der Waals surface area contributed by atoms with Gasteiger partial charge in [0.15, 0.2) is 0 Å². The molecule has 0 aliphatic carbocycles. The number of hydrogen-bond donors (Lipinski definition) is 3. The van der Waals surface area contributed by atoms with Crippen molar-refractivity contribution in [1.29, 1.82) is 0 Å². The van der Waals surface area contributed by atoms with Crippen molar-refractivity contribution in [1.82, 2.24) is 10.2 Å². The lowest BCUT2D eigenvalue weighted by Gasteiger charge is -2.12. The molecule has 1 aliphatic heterocycles. The van der Waals surface area contributed by atoms with Crippen molar-refractivity contribution in [2.45, 2.75) is 13.8 Å². The fourth-order valence-corrected chi connectivity index (χ4v) is 2.96. The summed E-state index contributed by atoms with van der Waals surface area (Å²) in [6.45, 7) is 3.07. The molecule has 0 saturated carbocycles. The summed E-state index contributed by atoms with van der Waals surface area (Å²) in [4.78, 5) is 37.6. The minimum absolute atomic E-state index is 0.0637. The normalized spacial score (nSPS) is 15.1. The Labute approximate surface area is 166 Å². The third kappa shape index (κ3) is 4.15. The lowest BCUT2D eigenvalue weighted by atomic mass is 10.0. The molecule has 4 amide bonds. The number of rotatable bonds is 4. The molecule has 1 heterocycles. The fraction of sp³-hybridized carbons (Fsp3) is 0.150. The number of aromatic hydroxyl groups is 1. The Bertz CT molecular complexity index is 976. The van der Waals surface area contributed by atoms with E-state index >= 15 is 0 Å². The number of nitrogens with zero attached hydrogens (tertiary/aromatic N) is 1. The van der Waals surface area contributed by atoms with Gasteiger partial charge in [-0.2, -0.15) is 0 Å². The van der Waals surface area contributed by atoms with Gasteiger partial charge in [0.2, 0.25) is 5.91 Å². The predicted molar refractivity (Wildman–Crippen MR) is 106 cm³/mol. The van der Waals surface area contributed by atoms with Crippen LogP contribution in [0.2, 0.25) is 5.02 Å². The number of aryl methyl sites for hydroxylation is 2. The van der Waals surface area contributed by atoms with E-state index in [4.69, 9.17) is 11.6 Å². The third-order valence-electron chi connectivity index (χ3n) is 4.22. The minimum Gasteiger partial charge on any atom is -0.507 e. The van der Waals surface area contributed by atoms with E-state index in [9.17, 15) is 19.5 Å². The van der Waals surface area contributed by atoms with Crippen molar-refractivity contribution in [2.24, 2.45) is 0 Å². The van der Waals surface area contributed by atoms with Crippen LogP contribution >= 0.6 is 11.6 Å². The largest absolute Gasteiger partial charge is 0.507 e. The standard InChI is InChI=1S/C20H18ClN3O4/c1-11-7-13(8-12(2)18(11)26)9-16-19(27)24(20(28)23-16)10-17(25)22-15-5-3-14(21)4-6-15/h3-9,26H,10H2,1-2H3,(H,22,25)(H,23,28). The van der Waals surface area contributed by atoms with E-state index in [1.165, 1.54) is 6.08 Å². The first-order chi connectivity index (χ1) is 13.2. The Hall–Kier alpha value is -3.32. The summed E-state index contributed by atoms with van der Waals surface area (Å²) >= 11 is 5.80. The van der Waals surface area contributed by atoms with E-state index in [-0.39, 0.29) is 11.4 Å². The minimum atomic E-state index is -0.672. The molecule has 2 aromatic carbocycles. The zero-order valence-corrected chi connectivity index (χ0v) is 16.0. The van der Waals surface area contributed by atoms with Crippen molar-refractivity contribution < 1.29 is 19.5 Å². The molecule has 0 unspecified atom stereocenters. The van der Waals surface area contributed by atoms with Crippen LogP contribution in [0, 0.1) is 13.8 Å². The van der Waals surface area contributed by atoms with E-state index in [0.717, 1.165) is 4.90 Å². The molecule has 0 bridgehead atoms. The quantitative estimate of drug-likeness (QED) is 0.543. The van der Waals surface area contributed by atoms with E-state index in [1.807, 2.05) is 0 Å². The summed E-state index contributed by atoms with van der Waals surface area (Å²) in [5, 5.41) is 15.5. The van der Waals surface area contributed by atoms with Crippen molar-refractivity contribution in [3.05, 3.63) is 63.8 Å². The molecule has 3 N–H and O–H groups in total. The summed E-state index contributed by atoms with van der Waals surface area (Å²) in [6.07, 6.45) is 1.51. The van der Waals surface area contributed by atoms with Gasteiger partial charge in [-0.25, -0.2) is 9.69 Å². The average Bonchev–Trinajstić information content (AvgIpc) is 2.89. The van der Waals surface area contributed by atoms with E-state index in [0.29, 0.717) is 27.4 Å². The highest BCUT2D eigenvalue weighted by Crippen LogP contribution is 2.25. The monoisotopic (exact) mass is 399 g/mol. The number of phenols is 1. The van der Waals surface area contributed by atoms with Gasteiger partial charge in [0.05, 0.1) is 0 Å². The lowest BCUT2D eigenvalue weighted by Crippen LogP contribution is -2.38. The highest BCUT2D eigenvalue weighted by atomic mass is 35.5. The Morgan fingerprint density at radius 2 is 1.79 bits per heavy atom. The van der Waals surface area contributed by atoms with Gasteiger partial charge in [0, 0.05) is 10.7 Å². The summed E-state index contributed by atoms with van der Waals surface area (Å²) in [7, 11) is 0.